The van der Waals surface area contributed by atoms with Crippen molar-refractivity contribution in [2.24, 2.45) is 0 Å². The molecule has 0 heterocycles. The van der Waals surface area contributed by atoms with Crippen LogP contribution in [-0.4, -0.2) is 11.1 Å². The molecule has 0 aromatic heterocycles. The Bertz CT molecular complexity index is 671. The first kappa shape index (κ1) is 14.6. The standard InChI is InChI=1S/C13H9BrClFN2O2/c14-9-3-6(16)4-10(15)12(9)18-11-5-7(17)1-2-8(11)13(19)20/h1-5,18H,17H2,(H,19,20). The molecule has 2 aromatic rings. The first-order valence-corrected chi connectivity index (χ1v) is 6.60. The van der Waals surface area contributed by atoms with Gasteiger partial charge in [-0.05, 0) is 46.3 Å². The van der Waals surface area contributed by atoms with Crippen molar-refractivity contribution >= 4 is 50.6 Å². The fraction of sp³-hybridized carbons (Fsp3) is 0. The number of anilines is 3. The van der Waals surface area contributed by atoms with Gasteiger partial charge in [-0.1, -0.05) is 11.6 Å². The molecule has 0 saturated carbocycles. The van der Waals surface area contributed by atoms with E-state index in [4.69, 9.17) is 22.4 Å². The minimum atomic E-state index is -1.11. The number of benzene rings is 2. The number of halogens is 3. The molecule has 0 fully saturated rings. The lowest BCUT2D eigenvalue weighted by molar-refractivity contribution is 0.0698. The molecule has 0 aliphatic heterocycles. The van der Waals surface area contributed by atoms with E-state index in [9.17, 15) is 9.18 Å². The Kier molecular flexibility index (Phi) is 4.15. The van der Waals surface area contributed by atoms with Crippen LogP contribution in [0.3, 0.4) is 0 Å². The Labute approximate surface area is 127 Å². The van der Waals surface area contributed by atoms with Crippen LogP contribution in [-0.2, 0) is 0 Å². The van der Waals surface area contributed by atoms with Crippen molar-refractivity contribution in [2.75, 3.05) is 11.1 Å². The van der Waals surface area contributed by atoms with E-state index in [0.29, 0.717) is 15.8 Å². The first-order valence-electron chi connectivity index (χ1n) is 5.43. The molecular formula is C13H9BrClFN2O2. The molecule has 0 radical (unpaired) electrons. The van der Waals surface area contributed by atoms with Gasteiger partial charge in [0, 0.05) is 10.2 Å². The van der Waals surface area contributed by atoms with Gasteiger partial charge in [0.1, 0.15) is 5.82 Å². The van der Waals surface area contributed by atoms with Gasteiger partial charge >= 0.3 is 5.97 Å². The maximum atomic E-state index is 13.2. The minimum absolute atomic E-state index is 0.0338. The van der Waals surface area contributed by atoms with Gasteiger partial charge in [-0.3, -0.25) is 0 Å². The Morgan fingerprint density at radius 1 is 1.35 bits per heavy atom. The molecule has 0 aliphatic carbocycles. The number of nitrogens with two attached hydrogens (primary N) is 1. The van der Waals surface area contributed by atoms with Gasteiger partial charge in [0.25, 0.3) is 0 Å². The maximum Gasteiger partial charge on any atom is 0.337 e. The molecular weight excluding hydrogens is 351 g/mol. The second-order valence-corrected chi connectivity index (χ2v) is 5.24. The van der Waals surface area contributed by atoms with Crippen LogP contribution in [0, 0.1) is 5.82 Å². The van der Waals surface area contributed by atoms with Gasteiger partial charge in [-0.2, -0.15) is 0 Å². The number of hydrogen-bond donors (Lipinski definition) is 3. The van der Waals surface area contributed by atoms with Gasteiger partial charge in [0.15, 0.2) is 0 Å². The maximum absolute atomic E-state index is 13.2. The Hall–Kier alpha value is -1.79. The molecule has 4 N–H and O–H groups in total. The summed E-state index contributed by atoms with van der Waals surface area (Å²) in [5.74, 6) is -1.61. The zero-order chi connectivity index (χ0) is 14.9. The quantitative estimate of drug-likeness (QED) is 0.716. The number of nitrogen functional groups attached to an aromatic ring is 1. The molecule has 0 aliphatic rings. The Morgan fingerprint density at radius 3 is 2.65 bits per heavy atom. The van der Waals surface area contributed by atoms with Crippen LogP contribution in [0.25, 0.3) is 0 Å². The number of hydrogen-bond acceptors (Lipinski definition) is 3. The number of carboxylic acid groups (broad SMARTS) is 1. The fourth-order valence-corrected chi connectivity index (χ4v) is 2.55. The third-order valence-electron chi connectivity index (χ3n) is 2.54. The number of aromatic carboxylic acids is 1. The summed E-state index contributed by atoms with van der Waals surface area (Å²) in [6.45, 7) is 0. The van der Waals surface area contributed by atoms with Crippen LogP contribution in [0.1, 0.15) is 10.4 Å². The Balaban J connectivity index is 2.50. The summed E-state index contributed by atoms with van der Waals surface area (Å²) in [5, 5.41) is 12.1. The molecule has 0 bridgehead atoms. The van der Waals surface area contributed by atoms with E-state index >= 15 is 0 Å². The lowest BCUT2D eigenvalue weighted by Crippen LogP contribution is -2.04. The van der Waals surface area contributed by atoms with Crippen molar-refractivity contribution in [1.82, 2.24) is 0 Å². The van der Waals surface area contributed by atoms with E-state index in [1.54, 1.807) is 0 Å². The van der Waals surface area contributed by atoms with Gasteiger partial charge in [0.05, 0.1) is 22.0 Å². The number of nitrogens with one attached hydrogen (secondary N) is 1. The second kappa shape index (κ2) is 5.68. The summed E-state index contributed by atoms with van der Waals surface area (Å²) in [7, 11) is 0. The predicted octanol–water partition coefficient (Wildman–Crippen LogP) is 4.27. The van der Waals surface area contributed by atoms with Gasteiger partial charge in [-0.15, -0.1) is 0 Å². The lowest BCUT2D eigenvalue weighted by Gasteiger charge is -2.13. The van der Waals surface area contributed by atoms with E-state index in [0.717, 1.165) is 6.07 Å². The highest BCUT2D eigenvalue weighted by atomic mass is 79.9. The molecule has 104 valence electrons. The zero-order valence-corrected chi connectivity index (χ0v) is 12.3. The monoisotopic (exact) mass is 358 g/mol. The molecule has 2 rings (SSSR count). The van der Waals surface area contributed by atoms with E-state index in [1.165, 1.54) is 24.3 Å². The average Bonchev–Trinajstić information content (AvgIpc) is 2.33. The minimum Gasteiger partial charge on any atom is -0.478 e. The van der Waals surface area contributed by atoms with E-state index < -0.39 is 11.8 Å². The number of rotatable bonds is 3. The molecule has 2 aromatic carbocycles. The van der Waals surface area contributed by atoms with Crippen molar-refractivity contribution in [3.8, 4) is 0 Å². The van der Waals surface area contributed by atoms with E-state index in [2.05, 4.69) is 21.2 Å². The van der Waals surface area contributed by atoms with Crippen molar-refractivity contribution < 1.29 is 14.3 Å². The molecule has 0 saturated heterocycles. The van der Waals surface area contributed by atoms with Crippen molar-refractivity contribution in [3.63, 3.8) is 0 Å². The van der Waals surface area contributed by atoms with Crippen LogP contribution in [0.4, 0.5) is 21.5 Å². The third kappa shape index (κ3) is 3.02. The summed E-state index contributed by atoms with van der Waals surface area (Å²) in [5.41, 5.74) is 6.71. The van der Waals surface area contributed by atoms with E-state index in [1.807, 2.05) is 0 Å². The largest absolute Gasteiger partial charge is 0.478 e. The van der Waals surface area contributed by atoms with Gasteiger partial charge in [-0.25, -0.2) is 9.18 Å². The van der Waals surface area contributed by atoms with Crippen LogP contribution in [0.15, 0.2) is 34.8 Å². The summed E-state index contributed by atoms with van der Waals surface area (Å²) in [4.78, 5) is 11.2. The Morgan fingerprint density at radius 2 is 2.05 bits per heavy atom. The SMILES string of the molecule is Nc1ccc(C(=O)O)c(Nc2c(Cl)cc(F)cc2Br)c1. The highest BCUT2D eigenvalue weighted by Crippen LogP contribution is 2.35. The highest BCUT2D eigenvalue weighted by Gasteiger charge is 2.14. The molecule has 4 nitrogen and oxygen atoms in total. The predicted molar refractivity (Wildman–Crippen MR) is 80.2 cm³/mol. The zero-order valence-electron chi connectivity index (χ0n) is 9.95. The molecule has 7 heteroatoms. The molecule has 0 unspecified atom stereocenters. The number of carbonyl (C=O) groups is 1. The molecule has 20 heavy (non-hydrogen) atoms. The third-order valence-corrected chi connectivity index (χ3v) is 3.46. The van der Waals surface area contributed by atoms with Crippen molar-refractivity contribution in [1.29, 1.82) is 0 Å². The first-order chi connectivity index (χ1) is 9.38. The highest BCUT2D eigenvalue weighted by molar-refractivity contribution is 9.10. The summed E-state index contributed by atoms with van der Waals surface area (Å²) in [6, 6.07) is 6.68. The molecule has 0 spiro atoms. The van der Waals surface area contributed by atoms with Gasteiger partial charge < -0.3 is 16.2 Å². The van der Waals surface area contributed by atoms with Crippen molar-refractivity contribution in [3.05, 3.63) is 51.2 Å². The summed E-state index contributed by atoms with van der Waals surface area (Å²) >= 11 is 9.12. The average molecular weight is 360 g/mol. The van der Waals surface area contributed by atoms with Crippen LogP contribution in [0.2, 0.25) is 5.02 Å². The van der Waals surface area contributed by atoms with Crippen LogP contribution in [0.5, 0.6) is 0 Å². The smallest absolute Gasteiger partial charge is 0.337 e. The number of carboxylic acids is 1. The normalized spacial score (nSPS) is 10.3. The van der Waals surface area contributed by atoms with Gasteiger partial charge in [0.2, 0.25) is 0 Å². The molecule has 0 amide bonds. The topological polar surface area (TPSA) is 75.4 Å². The lowest BCUT2D eigenvalue weighted by atomic mass is 10.1. The second-order valence-electron chi connectivity index (χ2n) is 3.98. The van der Waals surface area contributed by atoms with Crippen LogP contribution >= 0.6 is 27.5 Å². The van der Waals surface area contributed by atoms with E-state index in [-0.39, 0.29) is 16.3 Å². The molecule has 0 atom stereocenters. The summed E-state index contributed by atoms with van der Waals surface area (Å²) in [6.07, 6.45) is 0. The summed E-state index contributed by atoms with van der Waals surface area (Å²) < 4.78 is 13.5. The van der Waals surface area contributed by atoms with Crippen molar-refractivity contribution in [2.45, 2.75) is 0 Å². The fourth-order valence-electron chi connectivity index (χ4n) is 1.65. The van der Waals surface area contributed by atoms with Crippen LogP contribution < -0.4 is 11.1 Å².